The molecule has 0 saturated carbocycles. The van der Waals surface area contributed by atoms with Crippen molar-refractivity contribution < 1.29 is 16.9 Å². The Morgan fingerprint density at radius 2 is 1.05 bits per heavy atom. The quantitative estimate of drug-likeness (QED) is 0.290. The molecule has 0 aromatic carbocycles. The van der Waals surface area contributed by atoms with Crippen LogP contribution >= 0.6 is 0 Å². The predicted molar refractivity (Wildman–Crippen MR) is 94.5 cm³/mol. The number of hydrogen-bond acceptors (Lipinski definition) is 3. The van der Waals surface area contributed by atoms with Gasteiger partial charge < -0.3 is 4.55 Å². The first-order valence-corrected chi connectivity index (χ1v) is 10.4. The number of rotatable bonds is 12. The maximum absolute atomic E-state index is 11.0. The molecule has 136 valence electrons. The summed E-state index contributed by atoms with van der Waals surface area (Å²) in [4.78, 5) is 0. The van der Waals surface area contributed by atoms with Crippen molar-refractivity contribution in [3.8, 4) is 0 Å². The van der Waals surface area contributed by atoms with E-state index in [1.54, 1.807) is 0 Å². The molecule has 0 aromatic heterocycles. The molecule has 0 saturated heterocycles. The summed E-state index contributed by atoms with van der Waals surface area (Å²) in [5, 5.41) is 0. The van der Waals surface area contributed by atoms with Crippen molar-refractivity contribution in [1.29, 1.82) is 0 Å². The zero-order chi connectivity index (χ0) is 17.5. The molecule has 0 amide bonds. The molecule has 0 unspecified atom stereocenters. The van der Waals surface area contributed by atoms with E-state index in [-0.39, 0.29) is 0 Å². The van der Waals surface area contributed by atoms with Crippen molar-refractivity contribution in [2.75, 3.05) is 20.6 Å². The second kappa shape index (κ2) is 14.5. The van der Waals surface area contributed by atoms with Crippen LogP contribution in [0.2, 0.25) is 0 Å². The zero-order valence-corrected chi connectivity index (χ0v) is 16.4. The second-order valence-electron chi connectivity index (χ2n) is 6.61. The summed E-state index contributed by atoms with van der Waals surface area (Å²) in [6.45, 7) is 6.89. The third kappa shape index (κ3) is 14.8. The number of quaternary nitrogens is 1. The van der Waals surface area contributed by atoms with Gasteiger partial charge in [0.1, 0.15) is 0 Å². The molecular weight excluding hydrogens is 298 g/mol. The van der Waals surface area contributed by atoms with Gasteiger partial charge in [-0.2, -0.15) is 8.42 Å². The van der Waals surface area contributed by atoms with Crippen molar-refractivity contribution in [1.82, 2.24) is 0 Å². The Morgan fingerprint density at radius 1 is 0.727 bits per heavy atom. The number of unbranched alkanes of at least 4 members (excludes halogenated alkanes) is 9. The van der Waals surface area contributed by atoms with E-state index in [0.717, 1.165) is 19.3 Å². The van der Waals surface area contributed by atoms with Gasteiger partial charge in [0.2, 0.25) is 0 Å². The maximum atomic E-state index is 11.0. The third-order valence-electron chi connectivity index (χ3n) is 3.66. The van der Waals surface area contributed by atoms with E-state index in [9.17, 15) is 13.0 Å². The first-order valence-electron chi connectivity index (χ1n) is 9.01. The van der Waals surface area contributed by atoms with Crippen molar-refractivity contribution in [3.63, 3.8) is 0 Å². The van der Waals surface area contributed by atoms with Crippen molar-refractivity contribution in [2.45, 2.75) is 91.4 Å². The van der Waals surface area contributed by atoms with Gasteiger partial charge in [-0.15, -0.1) is 0 Å². The maximum Gasteiger partial charge on any atom is 0.254 e. The fourth-order valence-corrected chi connectivity index (χ4v) is 2.44. The third-order valence-corrected chi connectivity index (χ3v) is 5.05. The fraction of sp³-hybridized carbons (Fsp3) is 1.00. The SMILES string of the molecule is CCC.CCCCCCCCCCCC[N+](C)(C)S(=O)(=O)[O-]. The van der Waals surface area contributed by atoms with Crippen LogP contribution in [0.25, 0.3) is 0 Å². The lowest BCUT2D eigenvalue weighted by Gasteiger charge is -2.30. The second-order valence-corrected chi connectivity index (χ2v) is 8.46. The van der Waals surface area contributed by atoms with E-state index in [1.165, 1.54) is 65.5 Å². The first kappa shape index (κ1) is 24.1. The molecule has 0 rings (SSSR count). The standard InChI is InChI=1S/C14H31NO3S.C3H8/c1-4-5-6-7-8-9-10-11-12-13-14-15(2,3)19(16,17)18;1-3-2/h4-14H2,1-3H3;3H2,1-2H3. The highest BCUT2D eigenvalue weighted by Crippen LogP contribution is 2.13. The molecule has 0 aliphatic carbocycles. The van der Waals surface area contributed by atoms with Gasteiger partial charge in [-0.25, -0.2) is 3.89 Å². The Balaban J connectivity index is 0. The molecule has 0 heterocycles. The molecule has 5 heteroatoms. The van der Waals surface area contributed by atoms with E-state index >= 15 is 0 Å². The molecule has 0 aliphatic heterocycles. The molecule has 0 aromatic rings. The Labute approximate surface area is 139 Å². The highest BCUT2D eigenvalue weighted by Gasteiger charge is 2.22. The number of hydrogen-bond donors (Lipinski definition) is 0. The summed E-state index contributed by atoms with van der Waals surface area (Å²) >= 11 is 0. The smallest absolute Gasteiger partial charge is 0.254 e. The van der Waals surface area contributed by atoms with Gasteiger partial charge in [0.15, 0.2) is 0 Å². The van der Waals surface area contributed by atoms with Gasteiger partial charge in [-0.3, -0.25) is 0 Å². The normalized spacial score (nSPS) is 11.9. The van der Waals surface area contributed by atoms with E-state index in [2.05, 4.69) is 20.8 Å². The van der Waals surface area contributed by atoms with E-state index in [1.807, 2.05) is 0 Å². The minimum atomic E-state index is -4.23. The van der Waals surface area contributed by atoms with Crippen molar-refractivity contribution in [3.05, 3.63) is 0 Å². The van der Waals surface area contributed by atoms with Gasteiger partial charge in [-0.1, -0.05) is 78.6 Å². The molecular formula is C17H39NO3S. The van der Waals surface area contributed by atoms with Crippen LogP contribution in [0.15, 0.2) is 0 Å². The van der Waals surface area contributed by atoms with Crippen molar-refractivity contribution >= 4 is 10.3 Å². The number of nitrogens with zero attached hydrogens (tertiary/aromatic N) is 1. The van der Waals surface area contributed by atoms with Gasteiger partial charge >= 0.3 is 0 Å². The molecule has 0 N–H and O–H groups in total. The van der Waals surface area contributed by atoms with Crippen molar-refractivity contribution in [2.24, 2.45) is 0 Å². The Morgan fingerprint density at radius 3 is 1.36 bits per heavy atom. The molecule has 0 aliphatic rings. The van der Waals surface area contributed by atoms with Crippen LogP contribution in [0.1, 0.15) is 91.4 Å². The molecule has 0 atom stereocenters. The summed E-state index contributed by atoms with van der Waals surface area (Å²) in [5.74, 6) is 0. The average Bonchev–Trinajstić information content (AvgIpc) is 2.40. The Bertz CT molecular complexity index is 327. The van der Waals surface area contributed by atoms with Crippen LogP contribution in [0, 0.1) is 0 Å². The van der Waals surface area contributed by atoms with E-state index in [0.29, 0.717) is 6.54 Å². The summed E-state index contributed by atoms with van der Waals surface area (Å²) in [6.07, 6.45) is 13.4. The van der Waals surface area contributed by atoms with Crippen LogP contribution in [-0.2, 0) is 10.3 Å². The topological polar surface area (TPSA) is 57.2 Å². The van der Waals surface area contributed by atoms with Crippen LogP contribution in [0.3, 0.4) is 0 Å². The van der Waals surface area contributed by atoms with Crippen LogP contribution in [0.5, 0.6) is 0 Å². The lowest BCUT2D eigenvalue weighted by Crippen LogP contribution is -2.45. The lowest BCUT2D eigenvalue weighted by molar-refractivity contribution is -0.768. The van der Waals surface area contributed by atoms with Gasteiger partial charge in [0.05, 0.1) is 20.6 Å². The molecule has 22 heavy (non-hydrogen) atoms. The minimum Gasteiger partial charge on any atom is -0.702 e. The molecule has 4 nitrogen and oxygen atoms in total. The molecule has 0 spiro atoms. The molecule has 0 fully saturated rings. The van der Waals surface area contributed by atoms with Crippen LogP contribution < -0.4 is 0 Å². The first-order chi connectivity index (χ1) is 10.2. The summed E-state index contributed by atoms with van der Waals surface area (Å²) in [7, 11) is -1.29. The highest BCUT2D eigenvalue weighted by atomic mass is 32.2. The summed E-state index contributed by atoms with van der Waals surface area (Å²) < 4.78 is 32.4. The van der Waals surface area contributed by atoms with E-state index in [4.69, 9.17) is 0 Å². The molecule has 0 bridgehead atoms. The Hall–Kier alpha value is -0.130. The van der Waals surface area contributed by atoms with E-state index < -0.39 is 14.2 Å². The van der Waals surface area contributed by atoms with Gasteiger partial charge in [-0.05, 0) is 12.8 Å². The average molecular weight is 338 g/mol. The highest BCUT2D eigenvalue weighted by molar-refractivity contribution is 7.79. The zero-order valence-electron chi connectivity index (χ0n) is 15.6. The lowest BCUT2D eigenvalue weighted by atomic mass is 10.1. The molecule has 0 radical (unpaired) electrons. The Kier molecular flexibility index (Phi) is 15.9. The minimum absolute atomic E-state index is 0.419. The summed E-state index contributed by atoms with van der Waals surface area (Å²) in [5.41, 5.74) is 0. The van der Waals surface area contributed by atoms with Crippen LogP contribution in [-0.4, -0.2) is 37.5 Å². The monoisotopic (exact) mass is 337 g/mol. The largest absolute Gasteiger partial charge is 0.702 e. The van der Waals surface area contributed by atoms with Crippen LogP contribution in [0.4, 0.5) is 0 Å². The predicted octanol–water partition coefficient (Wildman–Crippen LogP) is 4.86. The van der Waals surface area contributed by atoms with Gasteiger partial charge in [0, 0.05) is 0 Å². The summed E-state index contributed by atoms with van der Waals surface area (Å²) in [6, 6.07) is 0. The van der Waals surface area contributed by atoms with Gasteiger partial charge in [0.25, 0.3) is 10.3 Å². The fourth-order valence-electron chi connectivity index (χ4n) is 2.09.